The minimum atomic E-state index is -0.427. The predicted octanol–water partition coefficient (Wildman–Crippen LogP) is 0.508. The van der Waals surface area contributed by atoms with Crippen LogP contribution in [0.3, 0.4) is 0 Å². The summed E-state index contributed by atoms with van der Waals surface area (Å²) in [5.74, 6) is 0.614. The molecule has 2 aromatic rings. The molecule has 4 rings (SSSR count). The zero-order chi connectivity index (χ0) is 17.9. The van der Waals surface area contributed by atoms with Crippen LogP contribution in [0.1, 0.15) is 23.2 Å². The molecule has 2 N–H and O–H groups in total. The second-order valence-electron chi connectivity index (χ2n) is 6.66. The van der Waals surface area contributed by atoms with E-state index in [0.29, 0.717) is 31.0 Å². The largest absolute Gasteiger partial charge is 0.341 e. The van der Waals surface area contributed by atoms with E-state index in [0.717, 1.165) is 31.5 Å². The molecule has 26 heavy (non-hydrogen) atoms. The second kappa shape index (κ2) is 7.25. The summed E-state index contributed by atoms with van der Waals surface area (Å²) < 4.78 is 0. The number of hydrogen-bond donors (Lipinski definition) is 2. The van der Waals surface area contributed by atoms with E-state index in [2.05, 4.69) is 20.5 Å². The number of nitrogens with zero attached hydrogens (tertiary/aromatic N) is 4. The van der Waals surface area contributed by atoms with Crippen molar-refractivity contribution in [1.29, 1.82) is 0 Å². The Bertz CT molecular complexity index is 767. The van der Waals surface area contributed by atoms with Crippen LogP contribution in [-0.4, -0.2) is 75.6 Å². The number of amides is 2. The summed E-state index contributed by atoms with van der Waals surface area (Å²) in [6.07, 6.45) is 3.54. The number of aromatic nitrogens is 3. The summed E-state index contributed by atoms with van der Waals surface area (Å²) in [5, 5.41) is 9.88. The van der Waals surface area contributed by atoms with Crippen molar-refractivity contribution >= 4 is 11.8 Å². The molecule has 0 saturated carbocycles. The number of likely N-dealkylation sites (tertiary alicyclic amines) is 1. The van der Waals surface area contributed by atoms with Gasteiger partial charge in [-0.2, -0.15) is 5.10 Å². The first-order chi connectivity index (χ1) is 12.7. The summed E-state index contributed by atoms with van der Waals surface area (Å²) >= 11 is 0. The third kappa shape index (κ3) is 3.20. The van der Waals surface area contributed by atoms with Gasteiger partial charge in [0.25, 0.3) is 5.91 Å². The molecule has 2 saturated heterocycles. The van der Waals surface area contributed by atoms with Gasteiger partial charge in [-0.15, -0.1) is 0 Å². The summed E-state index contributed by atoms with van der Waals surface area (Å²) in [4.78, 5) is 33.5. The van der Waals surface area contributed by atoms with E-state index in [1.54, 1.807) is 17.0 Å². The zero-order valence-electron chi connectivity index (χ0n) is 14.5. The maximum Gasteiger partial charge on any atom is 0.254 e. The van der Waals surface area contributed by atoms with E-state index >= 15 is 0 Å². The average Bonchev–Trinajstić information content (AvgIpc) is 3.41. The van der Waals surface area contributed by atoms with E-state index in [4.69, 9.17) is 0 Å². The molecule has 136 valence electrons. The highest BCUT2D eigenvalue weighted by atomic mass is 16.2. The molecule has 1 atom stereocenters. The van der Waals surface area contributed by atoms with Gasteiger partial charge in [0.2, 0.25) is 5.91 Å². The Morgan fingerprint density at radius 2 is 1.85 bits per heavy atom. The fourth-order valence-corrected chi connectivity index (χ4v) is 3.60. The maximum atomic E-state index is 13.0. The highest BCUT2D eigenvalue weighted by Gasteiger charge is 2.35. The smallest absolute Gasteiger partial charge is 0.254 e. The Hall–Kier alpha value is -2.74. The lowest BCUT2D eigenvalue weighted by atomic mass is 10.1. The Labute approximate surface area is 151 Å². The number of rotatable bonds is 3. The Balaban J connectivity index is 1.52. The Kier molecular flexibility index (Phi) is 4.66. The van der Waals surface area contributed by atoms with Gasteiger partial charge in [0, 0.05) is 43.9 Å². The van der Waals surface area contributed by atoms with Crippen LogP contribution < -0.4 is 5.32 Å². The lowest BCUT2D eigenvalue weighted by Crippen LogP contribution is -2.59. The third-order valence-corrected chi connectivity index (χ3v) is 5.03. The molecule has 2 fully saturated rings. The Morgan fingerprint density at radius 1 is 1.08 bits per heavy atom. The molecule has 0 spiro atoms. The molecule has 0 bridgehead atoms. The quantitative estimate of drug-likeness (QED) is 0.837. The molecule has 1 aromatic carbocycles. The van der Waals surface area contributed by atoms with Gasteiger partial charge in [-0.1, -0.05) is 12.1 Å². The molecule has 8 heteroatoms. The van der Waals surface area contributed by atoms with E-state index in [1.165, 1.54) is 6.33 Å². The minimum Gasteiger partial charge on any atom is -0.341 e. The van der Waals surface area contributed by atoms with Gasteiger partial charge < -0.3 is 15.1 Å². The molecule has 0 radical (unpaired) electrons. The molecule has 3 heterocycles. The SMILES string of the molecule is O=C([C@H]1CNCCN1C(=O)c1ccc(-c2ncn[nH]2)cc1)N1CCCC1. The van der Waals surface area contributed by atoms with Crippen molar-refractivity contribution in [2.24, 2.45) is 0 Å². The number of benzene rings is 1. The van der Waals surface area contributed by atoms with E-state index in [-0.39, 0.29) is 11.8 Å². The van der Waals surface area contributed by atoms with Crippen LogP contribution in [0.25, 0.3) is 11.4 Å². The highest BCUT2D eigenvalue weighted by molar-refractivity contribution is 5.98. The zero-order valence-corrected chi connectivity index (χ0v) is 14.5. The molecule has 2 amide bonds. The van der Waals surface area contributed by atoms with Crippen LogP contribution in [-0.2, 0) is 4.79 Å². The fourth-order valence-electron chi connectivity index (χ4n) is 3.60. The van der Waals surface area contributed by atoms with Gasteiger partial charge in [-0.25, -0.2) is 4.98 Å². The lowest BCUT2D eigenvalue weighted by molar-refractivity contribution is -0.135. The van der Waals surface area contributed by atoms with E-state index < -0.39 is 6.04 Å². The van der Waals surface area contributed by atoms with E-state index in [9.17, 15) is 9.59 Å². The van der Waals surface area contributed by atoms with E-state index in [1.807, 2.05) is 17.0 Å². The van der Waals surface area contributed by atoms with Gasteiger partial charge >= 0.3 is 0 Å². The van der Waals surface area contributed by atoms with Gasteiger partial charge in [0.15, 0.2) is 5.82 Å². The van der Waals surface area contributed by atoms with Gasteiger partial charge in [0.1, 0.15) is 12.4 Å². The first-order valence-electron chi connectivity index (χ1n) is 9.00. The van der Waals surface area contributed by atoms with Crippen LogP contribution in [0.15, 0.2) is 30.6 Å². The summed E-state index contributed by atoms with van der Waals surface area (Å²) in [5.41, 5.74) is 1.44. The normalized spacial score (nSPS) is 20.4. The first kappa shape index (κ1) is 16.7. The fraction of sp³-hybridized carbons (Fsp3) is 0.444. The average molecular weight is 354 g/mol. The molecule has 2 aliphatic rings. The Morgan fingerprint density at radius 3 is 2.54 bits per heavy atom. The first-order valence-corrected chi connectivity index (χ1v) is 9.00. The molecular weight excluding hydrogens is 332 g/mol. The number of H-pyrrole nitrogens is 1. The van der Waals surface area contributed by atoms with Crippen molar-refractivity contribution in [2.45, 2.75) is 18.9 Å². The summed E-state index contributed by atoms with van der Waals surface area (Å²) in [6.45, 7) is 3.34. The summed E-state index contributed by atoms with van der Waals surface area (Å²) in [6, 6.07) is 6.81. The van der Waals surface area contributed by atoms with Crippen LogP contribution in [0, 0.1) is 0 Å². The number of nitrogens with one attached hydrogen (secondary N) is 2. The van der Waals surface area contributed by atoms with Crippen molar-refractivity contribution in [3.63, 3.8) is 0 Å². The van der Waals surface area contributed by atoms with Crippen LogP contribution in [0.5, 0.6) is 0 Å². The maximum absolute atomic E-state index is 13.0. The van der Waals surface area contributed by atoms with Crippen molar-refractivity contribution in [3.05, 3.63) is 36.2 Å². The molecule has 0 unspecified atom stereocenters. The van der Waals surface area contributed by atoms with Crippen molar-refractivity contribution in [2.75, 3.05) is 32.7 Å². The topological polar surface area (TPSA) is 94.2 Å². The molecule has 8 nitrogen and oxygen atoms in total. The number of carbonyl (C=O) groups is 2. The predicted molar refractivity (Wildman–Crippen MR) is 95.3 cm³/mol. The monoisotopic (exact) mass is 354 g/mol. The number of aromatic amines is 1. The van der Waals surface area contributed by atoms with Gasteiger partial charge in [-0.3, -0.25) is 14.7 Å². The number of piperazine rings is 1. The highest BCUT2D eigenvalue weighted by Crippen LogP contribution is 2.19. The molecule has 1 aromatic heterocycles. The number of hydrogen-bond acceptors (Lipinski definition) is 5. The van der Waals surface area contributed by atoms with Crippen molar-refractivity contribution < 1.29 is 9.59 Å². The van der Waals surface area contributed by atoms with Gasteiger partial charge in [0.05, 0.1) is 0 Å². The second-order valence-corrected chi connectivity index (χ2v) is 6.66. The van der Waals surface area contributed by atoms with Crippen molar-refractivity contribution in [1.82, 2.24) is 30.3 Å². The summed E-state index contributed by atoms with van der Waals surface area (Å²) in [7, 11) is 0. The standard InChI is InChI=1S/C18H22N6O2/c25-17(14-5-3-13(4-6-14)16-20-12-21-22-16)24-10-7-19-11-15(24)18(26)23-8-1-2-9-23/h3-6,12,15,19H,1-2,7-11H2,(H,20,21,22)/t15-/m1/s1. The third-order valence-electron chi connectivity index (χ3n) is 5.03. The van der Waals surface area contributed by atoms with Gasteiger partial charge in [-0.05, 0) is 25.0 Å². The van der Waals surface area contributed by atoms with Crippen molar-refractivity contribution in [3.8, 4) is 11.4 Å². The molecular formula is C18H22N6O2. The van der Waals surface area contributed by atoms with Crippen LogP contribution in [0.4, 0.5) is 0 Å². The minimum absolute atomic E-state index is 0.0568. The molecule has 0 aliphatic carbocycles. The van der Waals surface area contributed by atoms with Crippen LogP contribution >= 0.6 is 0 Å². The lowest BCUT2D eigenvalue weighted by Gasteiger charge is -2.37. The van der Waals surface area contributed by atoms with Crippen LogP contribution in [0.2, 0.25) is 0 Å². The number of carbonyl (C=O) groups excluding carboxylic acids is 2. The molecule has 2 aliphatic heterocycles.